The Kier molecular flexibility index (Phi) is 2.13. The molecule has 0 nitrogen and oxygen atoms in total. The largest absolute Gasteiger partial charge is 0.509 e. The van der Waals surface area contributed by atoms with Gasteiger partial charge in [0, 0.05) is 0 Å². The number of rotatable bonds is 1. The molecule has 0 aliphatic rings. The van der Waals surface area contributed by atoms with E-state index in [0.29, 0.717) is 6.07 Å². The third-order valence-corrected chi connectivity index (χ3v) is 1.57. The second-order valence-corrected chi connectivity index (χ2v) is 2.58. The third-order valence-electron chi connectivity index (χ3n) is 1.57. The second kappa shape index (κ2) is 2.81. The topological polar surface area (TPSA) is 0 Å². The smallest absolute Gasteiger partial charge is 0.445 e. The van der Waals surface area contributed by atoms with Crippen molar-refractivity contribution in [1.29, 1.82) is 0 Å². The van der Waals surface area contributed by atoms with Crippen LogP contribution in [0.4, 0.5) is 17.3 Å². The molecule has 0 amide bonds. The van der Waals surface area contributed by atoms with Gasteiger partial charge in [-0.05, 0) is 12.5 Å². The Balaban J connectivity index is 3.14. The van der Waals surface area contributed by atoms with Crippen molar-refractivity contribution in [3.05, 3.63) is 29.6 Å². The molecule has 0 unspecified atom stereocenters. The van der Waals surface area contributed by atoms with Gasteiger partial charge in [-0.2, -0.15) is 0 Å². The van der Waals surface area contributed by atoms with Gasteiger partial charge >= 0.3 is 6.98 Å². The van der Waals surface area contributed by atoms with E-state index in [9.17, 15) is 17.3 Å². The molecule has 0 saturated heterocycles. The van der Waals surface area contributed by atoms with Gasteiger partial charge in [-0.25, -0.2) is 4.39 Å². The third kappa shape index (κ3) is 1.78. The fraction of sp³-hybridized carbons (Fsp3) is 0.143. The highest BCUT2D eigenvalue weighted by Crippen LogP contribution is 2.11. The molecule has 1 aromatic carbocycles. The zero-order valence-electron chi connectivity index (χ0n) is 6.32. The number of halogens is 4. The van der Waals surface area contributed by atoms with Gasteiger partial charge < -0.3 is 12.9 Å². The van der Waals surface area contributed by atoms with Crippen molar-refractivity contribution in [2.45, 2.75) is 6.92 Å². The summed E-state index contributed by atoms with van der Waals surface area (Å²) in [4.78, 5) is 0. The number of hydrogen-bond donors (Lipinski definition) is 0. The molecule has 12 heavy (non-hydrogen) atoms. The molecular formula is C7H6BF4-. The predicted molar refractivity (Wildman–Crippen MR) is 39.8 cm³/mol. The number of aryl methyl sites for hydroxylation is 1. The number of benzene rings is 1. The molecule has 0 radical (unpaired) electrons. The lowest BCUT2D eigenvalue weighted by atomic mass is 9.80. The van der Waals surface area contributed by atoms with Crippen molar-refractivity contribution in [2.75, 3.05) is 0 Å². The molecule has 0 N–H and O–H groups in total. The van der Waals surface area contributed by atoms with Crippen LogP contribution in [0.5, 0.6) is 0 Å². The zero-order valence-corrected chi connectivity index (χ0v) is 6.32. The van der Waals surface area contributed by atoms with Crippen LogP contribution in [-0.2, 0) is 0 Å². The lowest BCUT2D eigenvalue weighted by molar-refractivity contribution is 0.500. The molecule has 1 aromatic rings. The molecule has 0 aliphatic carbocycles. The van der Waals surface area contributed by atoms with Crippen LogP contribution in [0.2, 0.25) is 0 Å². The molecule has 0 aromatic heterocycles. The Morgan fingerprint density at radius 1 is 1.17 bits per heavy atom. The highest BCUT2D eigenvalue weighted by molar-refractivity contribution is 6.73. The van der Waals surface area contributed by atoms with Crippen LogP contribution in [-0.4, -0.2) is 6.98 Å². The van der Waals surface area contributed by atoms with Gasteiger partial charge in [0.25, 0.3) is 0 Å². The molecule has 0 spiro atoms. The molecule has 0 aliphatic heterocycles. The quantitative estimate of drug-likeness (QED) is 0.455. The zero-order chi connectivity index (χ0) is 9.35. The first kappa shape index (κ1) is 9.10. The minimum atomic E-state index is -5.08. The predicted octanol–water partition coefficient (Wildman–Crippen LogP) is 2.19. The van der Waals surface area contributed by atoms with E-state index in [4.69, 9.17) is 0 Å². The van der Waals surface area contributed by atoms with E-state index in [-0.39, 0.29) is 5.56 Å². The number of hydrogen-bond acceptors (Lipinski definition) is 0. The molecule has 0 saturated carbocycles. The highest BCUT2D eigenvalue weighted by atomic mass is 19.4. The van der Waals surface area contributed by atoms with Gasteiger partial charge in [-0.15, -0.1) is 5.46 Å². The van der Waals surface area contributed by atoms with Gasteiger partial charge in [-0.1, -0.05) is 18.2 Å². The van der Waals surface area contributed by atoms with Gasteiger partial charge in [-0.3, -0.25) is 0 Å². The van der Waals surface area contributed by atoms with Crippen LogP contribution < -0.4 is 5.46 Å². The maximum Gasteiger partial charge on any atom is 0.509 e. The van der Waals surface area contributed by atoms with Crippen molar-refractivity contribution >= 4 is 12.4 Å². The van der Waals surface area contributed by atoms with Crippen molar-refractivity contribution in [3.8, 4) is 0 Å². The van der Waals surface area contributed by atoms with Gasteiger partial charge in [0.15, 0.2) is 0 Å². The Morgan fingerprint density at radius 2 is 1.75 bits per heavy atom. The van der Waals surface area contributed by atoms with E-state index in [1.54, 1.807) is 0 Å². The standard InChI is InChI=1S/C7H6BF4/c1-5-2-3-6(4-7(5)9)8(10,11)12/h2-4H,1H3/q-1. The molecule has 66 valence electrons. The summed E-state index contributed by atoms with van der Waals surface area (Å²) in [6.07, 6.45) is 0. The SMILES string of the molecule is Cc1ccc([B-](F)(F)F)cc1F. The molecule has 1 rings (SSSR count). The summed E-state index contributed by atoms with van der Waals surface area (Å²) in [7, 11) is 0. The van der Waals surface area contributed by atoms with Crippen LogP contribution in [0.15, 0.2) is 18.2 Å². The molecule has 0 heterocycles. The molecular weight excluding hydrogens is 171 g/mol. The van der Waals surface area contributed by atoms with Crippen molar-refractivity contribution in [2.24, 2.45) is 0 Å². The van der Waals surface area contributed by atoms with E-state index in [1.165, 1.54) is 6.92 Å². The second-order valence-electron chi connectivity index (χ2n) is 2.58. The Labute approximate surface area is 67.3 Å². The Hall–Kier alpha value is -0.995. The first-order chi connectivity index (χ1) is 5.41. The van der Waals surface area contributed by atoms with Gasteiger partial charge in [0.2, 0.25) is 0 Å². The van der Waals surface area contributed by atoms with Crippen LogP contribution in [0, 0.1) is 12.7 Å². The molecule has 5 heteroatoms. The summed E-state index contributed by atoms with van der Waals surface area (Å²) in [6, 6.07) is 2.54. The van der Waals surface area contributed by atoms with Crippen LogP contribution in [0.1, 0.15) is 5.56 Å². The molecule has 0 fully saturated rings. The minimum Gasteiger partial charge on any atom is -0.445 e. The van der Waals surface area contributed by atoms with Crippen LogP contribution in [0.3, 0.4) is 0 Å². The highest BCUT2D eigenvalue weighted by Gasteiger charge is 2.25. The fourth-order valence-corrected chi connectivity index (χ4v) is 0.813. The summed E-state index contributed by atoms with van der Waals surface area (Å²) >= 11 is 0. The molecule has 0 atom stereocenters. The van der Waals surface area contributed by atoms with E-state index < -0.39 is 18.3 Å². The minimum absolute atomic E-state index is 0.221. The monoisotopic (exact) mass is 177 g/mol. The lowest BCUT2D eigenvalue weighted by Crippen LogP contribution is -2.34. The first-order valence-electron chi connectivity index (χ1n) is 3.37. The average Bonchev–Trinajstić information content (AvgIpc) is 1.92. The summed E-state index contributed by atoms with van der Waals surface area (Å²) in [5.41, 5.74) is -0.670. The summed E-state index contributed by atoms with van der Waals surface area (Å²) in [5, 5.41) is 0. The van der Waals surface area contributed by atoms with E-state index >= 15 is 0 Å². The summed E-state index contributed by atoms with van der Waals surface area (Å²) in [5.74, 6) is -0.813. The van der Waals surface area contributed by atoms with E-state index in [2.05, 4.69) is 0 Å². The van der Waals surface area contributed by atoms with Gasteiger partial charge in [0.1, 0.15) is 5.82 Å². The van der Waals surface area contributed by atoms with E-state index in [1.807, 2.05) is 0 Å². The Morgan fingerprint density at radius 3 is 2.17 bits per heavy atom. The molecule has 0 bridgehead atoms. The van der Waals surface area contributed by atoms with Crippen LogP contribution in [0.25, 0.3) is 0 Å². The maximum absolute atomic E-state index is 12.6. The van der Waals surface area contributed by atoms with E-state index in [0.717, 1.165) is 12.1 Å². The van der Waals surface area contributed by atoms with Crippen molar-refractivity contribution < 1.29 is 17.3 Å². The van der Waals surface area contributed by atoms with Crippen molar-refractivity contribution in [3.63, 3.8) is 0 Å². The average molecular weight is 177 g/mol. The Bertz CT molecular complexity index is 292. The van der Waals surface area contributed by atoms with Crippen LogP contribution >= 0.6 is 0 Å². The van der Waals surface area contributed by atoms with Crippen molar-refractivity contribution in [1.82, 2.24) is 0 Å². The normalized spacial score (nSPS) is 11.8. The summed E-state index contributed by atoms with van der Waals surface area (Å²) < 4.78 is 48.6. The maximum atomic E-state index is 12.6. The fourth-order valence-electron chi connectivity index (χ4n) is 0.813. The van der Waals surface area contributed by atoms with Gasteiger partial charge in [0.05, 0.1) is 0 Å². The first-order valence-corrected chi connectivity index (χ1v) is 3.37. The summed E-state index contributed by atoms with van der Waals surface area (Å²) in [6.45, 7) is -3.66. The lowest BCUT2D eigenvalue weighted by Gasteiger charge is -2.14.